The summed E-state index contributed by atoms with van der Waals surface area (Å²) in [6.07, 6.45) is 9.19. The number of carbonyl (C=O) groups excluding carboxylic acids is 1. The fraction of sp³-hybridized carbons (Fsp3) is 0.462. The molecule has 0 radical (unpaired) electrons. The number of aromatic nitrogens is 2. The van der Waals surface area contributed by atoms with E-state index in [4.69, 9.17) is 9.15 Å². The minimum absolute atomic E-state index is 0.0113. The molecule has 4 heterocycles. The van der Waals surface area contributed by atoms with E-state index < -0.39 is 0 Å². The second kappa shape index (κ2) is 10.4. The van der Waals surface area contributed by atoms with Crippen LogP contribution in [0, 0.1) is 0 Å². The quantitative estimate of drug-likeness (QED) is 0.527. The molecule has 0 bridgehead atoms. The summed E-state index contributed by atoms with van der Waals surface area (Å²) in [4.78, 5) is 22.1. The van der Waals surface area contributed by atoms with Gasteiger partial charge in [0.1, 0.15) is 5.76 Å². The number of benzene rings is 1. The van der Waals surface area contributed by atoms with Gasteiger partial charge in [-0.25, -0.2) is 4.98 Å². The number of imidazole rings is 1. The Morgan fingerprint density at radius 1 is 1.12 bits per heavy atom. The second-order valence-electron chi connectivity index (χ2n) is 8.99. The number of hydrogen-bond donors (Lipinski definition) is 0. The second-order valence-corrected chi connectivity index (χ2v) is 8.99. The fourth-order valence-electron chi connectivity index (χ4n) is 4.94. The number of fused-ring (bicyclic) bond motifs is 1. The molecule has 1 aromatic carbocycles. The summed E-state index contributed by atoms with van der Waals surface area (Å²) < 4.78 is 13.4. The van der Waals surface area contributed by atoms with Crippen LogP contribution in [0.4, 0.5) is 0 Å². The number of amides is 1. The highest BCUT2D eigenvalue weighted by Crippen LogP contribution is 2.22. The molecule has 2 aromatic heterocycles. The first kappa shape index (κ1) is 21.9. The maximum absolute atomic E-state index is 13.5. The molecule has 0 atom stereocenters. The predicted octanol–water partition coefficient (Wildman–Crippen LogP) is 3.59. The van der Waals surface area contributed by atoms with Crippen LogP contribution in [0.25, 0.3) is 0 Å². The predicted molar refractivity (Wildman–Crippen MR) is 125 cm³/mol. The third-order valence-electron chi connectivity index (χ3n) is 6.75. The number of ether oxygens (including phenoxy) is 1. The van der Waals surface area contributed by atoms with Gasteiger partial charge >= 0.3 is 0 Å². The Labute approximate surface area is 195 Å². The maximum Gasteiger partial charge on any atom is 0.289 e. The van der Waals surface area contributed by atoms with E-state index in [1.807, 2.05) is 27.8 Å². The van der Waals surface area contributed by atoms with E-state index in [2.05, 4.69) is 34.1 Å². The summed E-state index contributed by atoms with van der Waals surface area (Å²) in [5.41, 5.74) is 2.90. The van der Waals surface area contributed by atoms with Crippen molar-refractivity contribution in [3.63, 3.8) is 0 Å². The van der Waals surface area contributed by atoms with Crippen LogP contribution < -0.4 is 0 Å². The third-order valence-corrected chi connectivity index (χ3v) is 6.75. The minimum atomic E-state index is -0.0113. The molecule has 2 aliphatic rings. The summed E-state index contributed by atoms with van der Waals surface area (Å²) >= 11 is 0. The Hall–Kier alpha value is -2.90. The van der Waals surface area contributed by atoms with Gasteiger partial charge in [0, 0.05) is 57.8 Å². The van der Waals surface area contributed by atoms with E-state index in [1.54, 1.807) is 12.5 Å². The maximum atomic E-state index is 13.5. The molecule has 1 saturated heterocycles. The Kier molecular flexibility index (Phi) is 6.88. The molecule has 0 unspecified atom stereocenters. The van der Waals surface area contributed by atoms with Gasteiger partial charge in [-0.05, 0) is 48.9 Å². The zero-order chi connectivity index (χ0) is 22.5. The molecule has 2 aliphatic heterocycles. The lowest BCUT2D eigenvalue weighted by atomic mass is 10.00. The van der Waals surface area contributed by atoms with Gasteiger partial charge < -0.3 is 18.6 Å². The molecule has 3 aromatic rings. The van der Waals surface area contributed by atoms with E-state index in [9.17, 15) is 4.79 Å². The molecule has 1 fully saturated rings. The molecule has 0 spiro atoms. The van der Waals surface area contributed by atoms with Crippen molar-refractivity contribution in [2.24, 2.45) is 0 Å². The summed E-state index contributed by atoms with van der Waals surface area (Å²) in [6.45, 7) is 5.80. The van der Waals surface area contributed by atoms with Gasteiger partial charge in [-0.2, -0.15) is 0 Å². The highest BCUT2D eigenvalue weighted by molar-refractivity contribution is 5.91. The average Bonchev–Trinajstić information content (AvgIpc) is 3.55. The SMILES string of the molecule is O=C(c1ccc(Cn2ccnc2)o1)N(CCCN1CCc2ccccc2C1)C1CCOCC1. The number of hydrogen-bond acceptors (Lipinski definition) is 5. The van der Waals surface area contributed by atoms with Gasteiger partial charge in [-0.3, -0.25) is 9.69 Å². The van der Waals surface area contributed by atoms with Gasteiger partial charge in [-0.15, -0.1) is 0 Å². The molecule has 0 aliphatic carbocycles. The Bertz CT molecular complexity index is 1040. The molecule has 7 heteroatoms. The zero-order valence-electron chi connectivity index (χ0n) is 19.1. The van der Waals surface area contributed by atoms with Crippen molar-refractivity contribution in [3.8, 4) is 0 Å². The standard InChI is InChI=1S/C26H32N4O3/c31-26(25-7-6-24(33-25)19-29-15-11-27-20-29)30(23-9-16-32-17-10-23)13-3-12-28-14-8-21-4-1-2-5-22(21)18-28/h1-2,4-7,11,15,20,23H,3,8-10,12-14,16-19H2. The van der Waals surface area contributed by atoms with Crippen LogP contribution in [-0.2, 0) is 24.2 Å². The van der Waals surface area contributed by atoms with E-state index in [-0.39, 0.29) is 11.9 Å². The monoisotopic (exact) mass is 448 g/mol. The van der Waals surface area contributed by atoms with Crippen molar-refractivity contribution < 1.29 is 13.9 Å². The summed E-state index contributed by atoms with van der Waals surface area (Å²) in [5.74, 6) is 1.17. The van der Waals surface area contributed by atoms with E-state index >= 15 is 0 Å². The van der Waals surface area contributed by atoms with Crippen LogP contribution in [0.1, 0.15) is 46.7 Å². The molecule has 174 valence electrons. The summed E-state index contributed by atoms with van der Waals surface area (Å²) in [5, 5.41) is 0. The highest BCUT2D eigenvalue weighted by atomic mass is 16.5. The molecule has 1 amide bonds. The van der Waals surface area contributed by atoms with Gasteiger partial charge in [0.15, 0.2) is 5.76 Å². The Morgan fingerprint density at radius 3 is 2.79 bits per heavy atom. The highest BCUT2D eigenvalue weighted by Gasteiger charge is 2.28. The van der Waals surface area contributed by atoms with Crippen molar-refractivity contribution in [2.75, 3.05) is 32.8 Å². The van der Waals surface area contributed by atoms with Crippen LogP contribution in [0.3, 0.4) is 0 Å². The molecule has 0 saturated carbocycles. The van der Waals surface area contributed by atoms with Crippen LogP contribution in [0.2, 0.25) is 0 Å². The van der Waals surface area contributed by atoms with Crippen molar-refractivity contribution in [2.45, 2.75) is 44.8 Å². The fourth-order valence-corrected chi connectivity index (χ4v) is 4.94. The average molecular weight is 449 g/mol. The normalized spacial score (nSPS) is 17.1. The zero-order valence-corrected chi connectivity index (χ0v) is 19.1. The summed E-state index contributed by atoms with van der Waals surface area (Å²) in [6, 6.07) is 12.6. The molecule has 7 nitrogen and oxygen atoms in total. The molecule has 5 rings (SSSR count). The van der Waals surface area contributed by atoms with Gasteiger partial charge in [0.2, 0.25) is 0 Å². The minimum Gasteiger partial charge on any atom is -0.454 e. The Morgan fingerprint density at radius 2 is 1.97 bits per heavy atom. The van der Waals surface area contributed by atoms with Gasteiger partial charge in [-0.1, -0.05) is 24.3 Å². The largest absolute Gasteiger partial charge is 0.454 e. The third kappa shape index (κ3) is 5.37. The van der Waals surface area contributed by atoms with E-state index in [0.29, 0.717) is 25.5 Å². The lowest BCUT2D eigenvalue weighted by Gasteiger charge is -2.35. The molecular formula is C26H32N4O3. The number of carbonyl (C=O) groups is 1. The van der Waals surface area contributed by atoms with Crippen molar-refractivity contribution in [3.05, 3.63) is 77.8 Å². The Balaban J connectivity index is 1.21. The van der Waals surface area contributed by atoms with Crippen molar-refractivity contribution >= 4 is 5.91 Å². The summed E-state index contributed by atoms with van der Waals surface area (Å²) in [7, 11) is 0. The van der Waals surface area contributed by atoms with Crippen LogP contribution in [0.15, 0.2) is 59.5 Å². The lowest BCUT2D eigenvalue weighted by Crippen LogP contribution is -2.44. The molecule has 33 heavy (non-hydrogen) atoms. The number of rotatable bonds is 8. The first-order valence-corrected chi connectivity index (χ1v) is 12.0. The molecular weight excluding hydrogens is 416 g/mol. The van der Waals surface area contributed by atoms with Crippen LogP contribution >= 0.6 is 0 Å². The van der Waals surface area contributed by atoms with Crippen molar-refractivity contribution in [1.29, 1.82) is 0 Å². The smallest absolute Gasteiger partial charge is 0.289 e. The van der Waals surface area contributed by atoms with Crippen LogP contribution in [0.5, 0.6) is 0 Å². The number of nitrogens with zero attached hydrogens (tertiary/aromatic N) is 4. The lowest BCUT2D eigenvalue weighted by molar-refractivity contribution is 0.0260. The van der Waals surface area contributed by atoms with Crippen molar-refractivity contribution in [1.82, 2.24) is 19.4 Å². The number of furan rings is 1. The first-order chi connectivity index (χ1) is 16.3. The van der Waals surface area contributed by atoms with Crippen LogP contribution in [-0.4, -0.2) is 64.1 Å². The topological polar surface area (TPSA) is 63.7 Å². The van der Waals surface area contributed by atoms with Gasteiger partial charge in [0.05, 0.1) is 12.9 Å². The van der Waals surface area contributed by atoms with Gasteiger partial charge in [0.25, 0.3) is 5.91 Å². The van der Waals surface area contributed by atoms with E-state index in [0.717, 1.165) is 57.6 Å². The first-order valence-electron chi connectivity index (χ1n) is 12.0. The van der Waals surface area contributed by atoms with E-state index in [1.165, 1.54) is 11.1 Å². The molecule has 0 N–H and O–H groups in total.